The molecule has 15 heavy (non-hydrogen) atoms. The summed E-state index contributed by atoms with van der Waals surface area (Å²) in [7, 11) is 1.96. The number of aromatic nitrogens is 1. The number of pyridine rings is 1. The number of para-hydroxylation sites is 1. The molecule has 0 aliphatic heterocycles. The summed E-state index contributed by atoms with van der Waals surface area (Å²) in [5, 5.41) is 4.39. The number of benzene rings is 1. The first kappa shape index (κ1) is 10.1. The van der Waals surface area contributed by atoms with Gasteiger partial charge in [-0.1, -0.05) is 18.2 Å². The summed E-state index contributed by atoms with van der Waals surface area (Å²) in [6, 6.07) is 8.53. The molecular weight excluding hydrogens is 184 g/mol. The number of aryl methyl sites for hydroxylation is 2. The monoisotopic (exact) mass is 200 g/mol. The van der Waals surface area contributed by atoms with Crippen molar-refractivity contribution in [3.05, 3.63) is 41.1 Å². The first-order valence-corrected chi connectivity index (χ1v) is 5.23. The Bertz CT molecular complexity index is 489. The van der Waals surface area contributed by atoms with E-state index in [0.29, 0.717) is 0 Å². The van der Waals surface area contributed by atoms with E-state index in [4.69, 9.17) is 0 Å². The molecule has 0 saturated heterocycles. The van der Waals surface area contributed by atoms with Crippen LogP contribution in [0.1, 0.15) is 16.8 Å². The fourth-order valence-corrected chi connectivity index (χ4v) is 1.85. The average Bonchev–Trinajstić information content (AvgIpc) is 2.21. The van der Waals surface area contributed by atoms with E-state index in [1.54, 1.807) is 0 Å². The molecule has 2 nitrogen and oxygen atoms in total. The van der Waals surface area contributed by atoms with Crippen LogP contribution in [0.4, 0.5) is 0 Å². The van der Waals surface area contributed by atoms with Gasteiger partial charge < -0.3 is 5.32 Å². The number of hydrogen-bond donors (Lipinski definition) is 1. The van der Waals surface area contributed by atoms with Crippen LogP contribution in [0, 0.1) is 13.8 Å². The highest BCUT2D eigenvalue weighted by molar-refractivity contribution is 5.82. The standard InChI is InChI=1S/C13H16N2/c1-9-5-4-6-11-7-12(8-14-3)10(2)15-13(9)11/h4-7,14H,8H2,1-3H3. The third-order valence-corrected chi connectivity index (χ3v) is 2.71. The van der Waals surface area contributed by atoms with Gasteiger partial charge in [0, 0.05) is 17.6 Å². The van der Waals surface area contributed by atoms with Gasteiger partial charge in [-0.3, -0.25) is 4.98 Å². The molecule has 0 unspecified atom stereocenters. The first-order valence-electron chi connectivity index (χ1n) is 5.23. The van der Waals surface area contributed by atoms with Gasteiger partial charge in [0.2, 0.25) is 0 Å². The molecule has 0 aliphatic carbocycles. The minimum atomic E-state index is 0.878. The molecule has 0 atom stereocenters. The largest absolute Gasteiger partial charge is 0.316 e. The van der Waals surface area contributed by atoms with Gasteiger partial charge in [-0.15, -0.1) is 0 Å². The maximum absolute atomic E-state index is 4.65. The Kier molecular flexibility index (Phi) is 2.69. The van der Waals surface area contributed by atoms with E-state index in [1.807, 2.05) is 7.05 Å². The molecule has 2 heteroatoms. The van der Waals surface area contributed by atoms with Crippen molar-refractivity contribution in [3.8, 4) is 0 Å². The van der Waals surface area contributed by atoms with Gasteiger partial charge in [-0.2, -0.15) is 0 Å². The fourth-order valence-electron chi connectivity index (χ4n) is 1.85. The number of fused-ring (bicyclic) bond motifs is 1. The second-order valence-corrected chi connectivity index (χ2v) is 3.91. The molecule has 78 valence electrons. The van der Waals surface area contributed by atoms with E-state index in [2.05, 4.69) is 48.4 Å². The van der Waals surface area contributed by atoms with Crippen molar-refractivity contribution >= 4 is 10.9 Å². The molecule has 0 radical (unpaired) electrons. The second-order valence-electron chi connectivity index (χ2n) is 3.91. The summed E-state index contributed by atoms with van der Waals surface area (Å²) >= 11 is 0. The summed E-state index contributed by atoms with van der Waals surface area (Å²) in [4.78, 5) is 4.65. The maximum Gasteiger partial charge on any atom is 0.0734 e. The van der Waals surface area contributed by atoms with Gasteiger partial charge in [-0.05, 0) is 38.1 Å². The van der Waals surface area contributed by atoms with E-state index < -0.39 is 0 Å². The van der Waals surface area contributed by atoms with E-state index in [9.17, 15) is 0 Å². The average molecular weight is 200 g/mol. The SMILES string of the molecule is CNCc1cc2cccc(C)c2nc1C. The van der Waals surface area contributed by atoms with Crippen molar-refractivity contribution in [3.63, 3.8) is 0 Å². The molecule has 1 aromatic carbocycles. The Balaban J connectivity index is 2.65. The Morgan fingerprint density at radius 1 is 1.27 bits per heavy atom. The normalized spacial score (nSPS) is 10.9. The first-order chi connectivity index (χ1) is 7.22. The molecule has 0 fully saturated rings. The van der Waals surface area contributed by atoms with Crippen LogP contribution in [0.15, 0.2) is 24.3 Å². The van der Waals surface area contributed by atoms with Crippen molar-refractivity contribution < 1.29 is 0 Å². The van der Waals surface area contributed by atoms with Crippen LogP contribution < -0.4 is 5.32 Å². The summed E-state index contributed by atoms with van der Waals surface area (Å²) in [6.07, 6.45) is 0. The van der Waals surface area contributed by atoms with Gasteiger partial charge >= 0.3 is 0 Å². The Morgan fingerprint density at radius 2 is 2.07 bits per heavy atom. The zero-order chi connectivity index (χ0) is 10.8. The lowest BCUT2D eigenvalue weighted by Gasteiger charge is -2.08. The Hall–Kier alpha value is -1.41. The summed E-state index contributed by atoms with van der Waals surface area (Å²) < 4.78 is 0. The molecule has 2 rings (SSSR count). The minimum Gasteiger partial charge on any atom is -0.316 e. The molecular formula is C13H16N2. The van der Waals surface area contributed by atoms with Crippen LogP contribution in [0.25, 0.3) is 10.9 Å². The van der Waals surface area contributed by atoms with Crippen molar-refractivity contribution in [2.45, 2.75) is 20.4 Å². The van der Waals surface area contributed by atoms with Gasteiger partial charge in [-0.25, -0.2) is 0 Å². The zero-order valence-corrected chi connectivity index (χ0v) is 9.46. The van der Waals surface area contributed by atoms with Crippen molar-refractivity contribution in [2.24, 2.45) is 0 Å². The van der Waals surface area contributed by atoms with Crippen LogP contribution in [0.2, 0.25) is 0 Å². The van der Waals surface area contributed by atoms with E-state index in [-0.39, 0.29) is 0 Å². The molecule has 0 aliphatic rings. The molecule has 2 aromatic rings. The highest BCUT2D eigenvalue weighted by atomic mass is 14.8. The molecule has 0 spiro atoms. The highest BCUT2D eigenvalue weighted by Crippen LogP contribution is 2.19. The smallest absolute Gasteiger partial charge is 0.0734 e. The van der Waals surface area contributed by atoms with E-state index >= 15 is 0 Å². The summed E-state index contributed by atoms with van der Waals surface area (Å²) in [5.74, 6) is 0. The molecule has 1 heterocycles. The quantitative estimate of drug-likeness (QED) is 0.806. The van der Waals surface area contributed by atoms with Crippen molar-refractivity contribution in [1.82, 2.24) is 10.3 Å². The number of hydrogen-bond acceptors (Lipinski definition) is 2. The number of rotatable bonds is 2. The van der Waals surface area contributed by atoms with Crippen LogP contribution >= 0.6 is 0 Å². The predicted molar refractivity (Wildman–Crippen MR) is 64.0 cm³/mol. The molecule has 1 aromatic heterocycles. The lowest BCUT2D eigenvalue weighted by atomic mass is 10.1. The third kappa shape index (κ3) is 1.85. The maximum atomic E-state index is 4.65. The Morgan fingerprint density at radius 3 is 2.80 bits per heavy atom. The fraction of sp³-hybridized carbons (Fsp3) is 0.308. The third-order valence-electron chi connectivity index (χ3n) is 2.71. The lowest BCUT2D eigenvalue weighted by Crippen LogP contribution is -2.07. The van der Waals surface area contributed by atoms with Crippen molar-refractivity contribution in [1.29, 1.82) is 0 Å². The van der Waals surface area contributed by atoms with Crippen LogP contribution in [-0.2, 0) is 6.54 Å². The lowest BCUT2D eigenvalue weighted by molar-refractivity contribution is 0.807. The van der Waals surface area contributed by atoms with Gasteiger partial charge in [0.15, 0.2) is 0 Å². The molecule has 1 N–H and O–H groups in total. The number of nitrogens with one attached hydrogen (secondary N) is 1. The van der Waals surface area contributed by atoms with Gasteiger partial charge in [0.05, 0.1) is 5.52 Å². The van der Waals surface area contributed by atoms with Crippen LogP contribution in [0.5, 0.6) is 0 Å². The molecule has 0 amide bonds. The van der Waals surface area contributed by atoms with Crippen molar-refractivity contribution in [2.75, 3.05) is 7.05 Å². The second kappa shape index (κ2) is 3.99. The summed E-state index contributed by atoms with van der Waals surface area (Å²) in [6.45, 7) is 5.05. The number of nitrogens with zero attached hydrogens (tertiary/aromatic N) is 1. The Labute approximate surface area is 90.3 Å². The van der Waals surface area contributed by atoms with Gasteiger partial charge in [0.1, 0.15) is 0 Å². The topological polar surface area (TPSA) is 24.9 Å². The highest BCUT2D eigenvalue weighted by Gasteiger charge is 2.03. The van der Waals surface area contributed by atoms with Crippen LogP contribution in [-0.4, -0.2) is 12.0 Å². The zero-order valence-electron chi connectivity index (χ0n) is 9.46. The van der Waals surface area contributed by atoms with Gasteiger partial charge in [0.25, 0.3) is 0 Å². The van der Waals surface area contributed by atoms with E-state index in [0.717, 1.165) is 17.8 Å². The predicted octanol–water partition coefficient (Wildman–Crippen LogP) is 2.57. The molecule has 0 bridgehead atoms. The van der Waals surface area contributed by atoms with Crippen LogP contribution in [0.3, 0.4) is 0 Å². The summed E-state index contributed by atoms with van der Waals surface area (Å²) in [5.41, 5.74) is 4.75. The minimum absolute atomic E-state index is 0.878. The molecule has 0 saturated carbocycles. The van der Waals surface area contributed by atoms with E-state index in [1.165, 1.54) is 16.5 Å².